The van der Waals surface area contributed by atoms with Crippen molar-refractivity contribution in [3.63, 3.8) is 0 Å². The average molecular weight is 351 g/mol. The fraction of sp³-hybridized carbons (Fsp3) is 0.312. The van der Waals surface area contributed by atoms with Gasteiger partial charge in [0, 0.05) is 6.20 Å². The highest BCUT2D eigenvalue weighted by Gasteiger charge is 2.28. The van der Waals surface area contributed by atoms with Gasteiger partial charge < -0.3 is 19.0 Å². The Balaban J connectivity index is 2.39. The number of fused-ring (bicyclic) bond motifs is 1. The fourth-order valence-corrected chi connectivity index (χ4v) is 2.85. The number of pyridine rings is 1. The van der Waals surface area contributed by atoms with E-state index in [4.69, 9.17) is 9.47 Å². The molecule has 0 amide bonds. The highest BCUT2D eigenvalue weighted by atomic mass is 32.2. The molecule has 0 aliphatic heterocycles. The van der Waals surface area contributed by atoms with Crippen molar-refractivity contribution in [2.75, 3.05) is 19.0 Å². The molecule has 0 atom stereocenters. The van der Waals surface area contributed by atoms with Crippen LogP contribution in [-0.2, 0) is 14.3 Å². The highest BCUT2D eigenvalue weighted by molar-refractivity contribution is 8.14. The monoisotopic (exact) mass is 351 g/mol. The summed E-state index contributed by atoms with van der Waals surface area (Å²) in [4.78, 5) is 35.9. The number of hydrogen-bond donors (Lipinski definition) is 1. The molecule has 0 unspecified atom stereocenters. The molecule has 0 saturated heterocycles. The lowest BCUT2D eigenvalue weighted by Crippen LogP contribution is -2.10. The third-order valence-corrected chi connectivity index (χ3v) is 3.95. The van der Waals surface area contributed by atoms with Crippen LogP contribution in [0.4, 0.5) is 0 Å². The largest absolute Gasteiger partial charge is 0.505 e. The number of aromatic nitrogens is 1. The summed E-state index contributed by atoms with van der Waals surface area (Å²) in [5, 5.41) is 9.83. The van der Waals surface area contributed by atoms with Crippen LogP contribution in [0.3, 0.4) is 0 Å². The third kappa shape index (κ3) is 3.53. The standard InChI is InChI=1S/C16H17NO6S/c1-3-22-11(18)9-24-16(21)13-14(19)12(15(20)23-4-2)10-7-5-6-8-17(10)13/h5-8,19H,3-4,9H2,1-2H3. The van der Waals surface area contributed by atoms with Gasteiger partial charge in [-0.05, 0) is 26.0 Å². The van der Waals surface area contributed by atoms with Gasteiger partial charge in [0.25, 0.3) is 0 Å². The van der Waals surface area contributed by atoms with E-state index in [1.165, 1.54) is 4.40 Å². The Morgan fingerprint density at radius 1 is 1.17 bits per heavy atom. The molecule has 0 aliphatic carbocycles. The maximum Gasteiger partial charge on any atom is 0.344 e. The van der Waals surface area contributed by atoms with E-state index >= 15 is 0 Å². The molecule has 7 nitrogen and oxygen atoms in total. The Morgan fingerprint density at radius 3 is 2.54 bits per heavy atom. The van der Waals surface area contributed by atoms with Crippen molar-refractivity contribution in [2.24, 2.45) is 0 Å². The summed E-state index contributed by atoms with van der Waals surface area (Å²) in [6.45, 7) is 3.68. The van der Waals surface area contributed by atoms with Gasteiger partial charge in [-0.1, -0.05) is 17.8 Å². The van der Waals surface area contributed by atoms with Crippen LogP contribution in [0.5, 0.6) is 5.75 Å². The summed E-state index contributed by atoms with van der Waals surface area (Å²) in [6, 6.07) is 4.93. The van der Waals surface area contributed by atoms with Crippen molar-refractivity contribution in [3.05, 3.63) is 35.7 Å². The van der Waals surface area contributed by atoms with Crippen LogP contribution in [0.15, 0.2) is 24.4 Å². The molecule has 2 heterocycles. The molecule has 0 aliphatic rings. The Bertz CT molecular complexity index is 782. The van der Waals surface area contributed by atoms with E-state index in [0.717, 1.165) is 0 Å². The van der Waals surface area contributed by atoms with Gasteiger partial charge in [-0.25, -0.2) is 4.79 Å². The lowest BCUT2D eigenvalue weighted by molar-refractivity contribution is -0.139. The van der Waals surface area contributed by atoms with Crippen molar-refractivity contribution < 1.29 is 29.0 Å². The predicted molar refractivity (Wildman–Crippen MR) is 88.4 cm³/mol. The van der Waals surface area contributed by atoms with Crippen molar-refractivity contribution in [2.45, 2.75) is 13.8 Å². The zero-order chi connectivity index (χ0) is 17.7. The lowest BCUT2D eigenvalue weighted by Gasteiger charge is -2.03. The summed E-state index contributed by atoms with van der Waals surface area (Å²) < 4.78 is 11.1. The summed E-state index contributed by atoms with van der Waals surface area (Å²) >= 11 is 0.699. The molecule has 1 N–H and O–H groups in total. The van der Waals surface area contributed by atoms with E-state index in [2.05, 4.69) is 0 Å². The third-order valence-electron chi connectivity index (χ3n) is 3.12. The average Bonchev–Trinajstić information content (AvgIpc) is 2.85. The first kappa shape index (κ1) is 17.9. The van der Waals surface area contributed by atoms with E-state index in [1.54, 1.807) is 38.2 Å². The number of esters is 2. The van der Waals surface area contributed by atoms with Crippen LogP contribution in [0, 0.1) is 0 Å². The molecule has 0 bridgehead atoms. The molecule has 128 valence electrons. The minimum absolute atomic E-state index is 0.0717. The van der Waals surface area contributed by atoms with Crippen LogP contribution in [-0.4, -0.2) is 45.5 Å². The number of carbonyl (C=O) groups excluding carboxylic acids is 3. The van der Waals surface area contributed by atoms with E-state index < -0.39 is 22.8 Å². The molecule has 0 saturated carbocycles. The molecular weight excluding hydrogens is 334 g/mol. The van der Waals surface area contributed by atoms with Crippen molar-refractivity contribution in [3.8, 4) is 5.75 Å². The minimum Gasteiger partial charge on any atom is -0.505 e. The zero-order valence-corrected chi connectivity index (χ0v) is 14.1. The van der Waals surface area contributed by atoms with Crippen LogP contribution >= 0.6 is 11.8 Å². The zero-order valence-electron chi connectivity index (χ0n) is 13.3. The van der Waals surface area contributed by atoms with Gasteiger partial charge in [-0.15, -0.1) is 0 Å². The molecule has 0 aromatic carbocycles. The molecule has 24 heavy (non-hydrogen) atoms. The molecule has 0 fully saturated rings. The first-order chi connectivity index (χ1) is 11.5. The van der Waals surface area contributed by atoms with Crippen molar-refractivity contribution in [1.82, 2.24) is 4.40 Å². The maximum absolute atomic E-state index is 12.4. The number of thioether (sulfide) groups is 1. The Kier molecular flexibility index (Phi) is 5.86. The molecule has 2 rings (SSSR count). The van der Waals surface area contributed by atoms with Crippen LogP contribution in [0.2, 0.25) is 0 Å². The number of ether oxygens (including phenoxy) is 2. The van der Waals surface area contributed by atoms with Crippen LogP contribution in [0.25, 0.3) is 5.52 Å². The second kappa shape index (κ2) is 7.87. The van der Waals surface area contributed by atoms with E-state index in [-0.39, 0.29) is 30.2 Å². The van der Waals surface area contributed by atoms with E-state index in [1.807, 2.05) is 0 Å². The van der Waals surface area contributed by atoms with Gasteiger partial charge in [-0.2, -0.15) is 0 Å². The lowest BCUT2D eigenvalue weighted by atomic mass is 10.2. The molecule has 2 aromatic rings. The fourth-order valence-electron chi connectivity index (χ4n) is 2.19. The van der Waals surface area contributed by atoms with E-state index in [0.29, 0.717) is 17.3 Å². The summed E-state index contributed by atoms with van der Waals surface area (Å²) in [5.74, 6) is -1.88. The SMILES string of the molecule is CCOC(=O)CSC(=O)c1c(O)c(C(=O)OCC)c2ccccn12. The maximum atomic E-state index is 12.4. The summed E-state index contributed by atoms with van der Waals surface area (Å²) in [5.41, 5.74) is 0.203. The number of nitrogens with zero attached hydrogens (tertiary/aromatic N) is 1. The Morgan fingerprint density at radius 2 is 1.88 bits per heavy atom. The van der Waals surface area contributed by atoms with Gasteiger partial charge in [0.1, 0.15) is 11.3 Å². The van der Waals surface area contributed by atoms with Gasteiger partial charge in [0.15, 0.2) is 5.75 Å². The highest BCUT2D eigenvalue weighted by Crippen LogP contribution is 2.33. The number of rotatable bonds is 6. The van der Waals surface area contributed by atoms with Gasteiger partial charge in [-0.3, -0.25) is 9.59 Å². The van der Waals surface area contributed by atoms with E-state index in [9.17, 15) is 19.5 Å². The first-order valence-electron chi connectivity index (χ1n) is 7.33. The molecule has 2 aromatic heterocycles. The van der Waals surface area contributed by atoms with Gasteiger partial charge >= 0.3 is 11.9 Å². The molecule has 0 spiro atoms. The molecular formula is C16H17NO6S. The Labute approximate surface area is 142 Å². The topological polar surface area (TPSA) is 94.3 Å². The Hall–Kier alpha value is -2.48. The first-order valence-corrected chi connectivity index (χ1v) is 8.31. The second-order valence-corrected chi connectivity index (χ2v) is 5.58. The van der Waals surface area contributed by atoms with Crippen LogP contribution in [0.1, 0.15) is 34.7 Å². The van der Waals surface area contributed by atoms with Gasteiger partial charge in [0.05, 0.1) is 24.5 Å². The minimum atomic E-state index is -0.715. The molecule has 8 heteroatoms. The predicted octanol–water partition coefficient (Wildman–Crippen LogP) is 2.26. The van der Waals surface area contributed by atoms with Crippen molar-refractivity contribution in [1.29, 1.82) is 0 Å². The quantitative estimate of drug-likeness (QED) is 0.798. The van der Waals surface area contributed by atoms with Crippen molar-refractivity contribution >= 4 is 34.3 Å². The van der Waals surface area contributed by atoms with Gasteiger partial charge in [0.2, 0.25) is 5.12 Å². The summed E-state index contributed by atoms with van der Waals surface area (Å²) in [7, 11) is 0. The smallest absolute Gasteiger partial charge is 0.344 e. The van der Waals surface area contributed by atoms with Crippen LogP contribution < -0.4 is 0 Å². The number of aromatic hydroxyl groups is 1. The molecule has 0 radical (unpaired) electrons. The normalized spacial score (nSPS) is 10.6. The number of hydrogen-bond acceptors (Lipinski definition) is 7. The summed E-state index contributed by atoms with van der Waals surface area (Å²) in [6.07, 6.45) is 1.55. The number of carbonyl (C=O) groups is 3. The second-order valence-electron chi connectivity index (χ2n) is 4.63.